The van der Waals surface area contributed by atoms with E-state index in [0.717, 1.165) is 0 Å². The van der Waals surface area contributed by atoms with E-state index in [1.54, 1.807) is 6.92 Å². The highest BCUT2D eigenvalue weighted by atomic mass is 16.6. The van der Waals surface area contributed by atoms with E-state index >= 15 is 0 Å². The summed E-state index contributed by atoms with van der Waals surface area (Å²) in [5, 5.41) is 9.05. The molecule has 98 valence electrons. The fraction of sp³-hybridized carbons (Fsp3) is 1.00. The highest BCUT2D eigenvalue weighted by molar-refractivity contribution is 4.61. The van der Waals surface area contributed by atoms with Crippen LogP contribution in [-0.2, 0) is 14.2 Å². The van der Waals surface area contributed by atoms with E-state index < -0.39 is 6.10 Å². The molecule has 0 fully saturated rings. The van der Waals surface area contributed by atoms with E-state index in [2.05, 4.69) is 0 Å². The summed E-state index contributed by atoms with van der Waals surface area (Å²) in [6.07, 6.45) is -0.292. The van der Waals surface area contributed by atoms with E-state index in [4.69, 9.17) is 19.3 Å². The Kier molecular flexibility index (Phi) is 8.84. The van der Waals surface area contributed by atoms with Crippen molar-refractivity contribution in [3.63, 3.8) is 0 Å². The summed E-state index contributed by atoms with van der Waals surface area (Å²) in [4.78, 5) is 0. The third-order valence-electron chi connectivity index (χ3n) is 2.31. The monoisotopic (exact) mass is 234 g/mol. The zero-order valence-electron chi connectivity index (χ0n) is 11.1. The SMILES string of the molecule is CCOC(C)C(C)OCC(C)OCC(C)O. The largest absolute Gasteiger partial charge is 0.391 e. The van der Waals surface area contributed by atoms with Crippen LogP contribution in [0.1, 0.15) is 34.6 Å². The highest BCUT2D eigenvalue weighted by Crippen LogP contribution is 2.05. The van der Waals surface area contributed by atoms with Crippen LogP contribution >= 0.6 is 0 Å². The lowest BCUT2D eigenvalue weighted by atomic mass is 10.2. The molecule has 4 unspecified atom stereocenters. The zero-order chi connectivity index (χ0) is 12.6. The summed E-state index contributed by atoms with van der Waals surface area (Å²) >= 11 is 0. The smallest absolute Gasteiger partial charge is 0.0807 e. The van der Waals surface area contributed by atoms with Gasteiger partial charge in [-0.25, -0.2) is 0 Å². The molecule has 0 aromatic carbocycles. The fourth-order valence-corrected chi connectivity index (χ4v) is 1.17. The van der Waals surface area contributed by atoms with Crippen molar-refractivity contribution in [1.29, 1.82) is 0 Å². The molecule has 16 heavy (non-hydrogen) atoms. The van der Waals surface area contributed by atoms with Gasteiger partial charge in [0.2, 0.25) is 0 Å². The molecule has 0 spiro atoms. The molecular formula is C12H26O4. The van der Waals surface area contributed by atoms with Crippen molar-refractivity contribution < 1.29 is 19.3 Å². The minimum Gasteiger partial charge on any atom is -0.391 e. The van der Waals surface area contributed by atoms with Gasteiger partial charge in [0.1, 0.15) is 0 Å². The van der Waals surface area contributed by atoms with Gasteiger partial charge >= 0.3 is 0 Å². The average molecular weight is 234 g/mol. The van der Waals surface area contributed by atoms with Gasteiger partial charge < -0.3 is 19.3 Å². The first-order valence-corrected chi connectivity index (χ1v) is 6.00. The molecule has 1 N–H and O–H groups in total. The molecule has 0 aromatic rings. The molecule has 4 atom stereocenters. The molecule has 0 aromatic heterocycles. The van der Waals surface area contributed by atoms with Crippen LogP contribution in [-0.4, -0.2) is 49.3 Å². The Morgan fingerprint density at radius 3 is 1.94 bits per heavy atom. The number of hydrogen-bond acceptors (Lipinski definition) is 4. The molecule has 0 aliphatic rings. The Bertz CT molecular complexity index is 161. The van der Waals surface area contributed by atoms with Crippen LogP contribution in [0.4, 0.5) is 0 Å². The van der Waals surface area contributed by atoms with Crippen LogP contribution in [0, 0.1) is 0 Å². The second kappa shape index (κ2) is 8.93. The summed E-state index contributed by atoms with van der Waals surface area (Å²) < 4.78 is 16.4. The van der Waals surface area contributed by atoms with Crippen LogP contribution in [0.3, 0.4) is 0 Å². The third kappa shape index (κ3) is 8.05. The van der Waals surface area contributed by atoms with E-state index in [1.807, 2.05) is 27.7 Å². The van der Waals surface area contributed by atoms with Crippen molar-refractivity contribution in [3.05, 3.63) is 0 Å². The Morgan fingerprint density at radius 2 is 1.44 bits per heavy atom. The van der Waals surface area contributed by atoms with Gasteiger partial charge in [-0.3, -0.25) is 0 Å². The van der Waals surface area contributed by atoms with Gasteiger partial charge in [0.25, 0.3) is 0 Å². The predicted molar refractivity (Wildman–Crippen MR) is 63.6 cm³/mol. The predicted octanol–water partition coefficient (Wildman–Crippen LogP) is 1.60. The Balaban J connectivity index is 3.61. The van der Waals surface area contributed by atoms with Crippen LogP contribution < -0.4 is 0 Å². The van der Waals surface area contributed by atoms with Crippen molar-refractivity contribution in [2.75, 3.05) is 19.8 Å². The van der Waals surface area contributed by atoms with Gasteiger partial charge in [0, 0.05) is 6.61 Å². The van der Waals surface area contributed by atoms with E-state index in [9.17, 15) is 0 Å². The molecule has 0 saturated carbocycles. The zero-order valence-corrected chi connectivity index (χ0v) is 11.1. The maximum Gasteiger partial charge on any atom is 0.0807 e. The van der Waals surface area contributed by atoms with Crippen LogP contribution in [0.15, 0.2) is 0 Å². The molecule has 0 bridgehead atoms. The quantitative estimate of drug-likeness (QED) is 0.658. The van der Waals surface area contributed by atoms with Gasteiger partial charge in [-0.2, -0.15) is 0 Å². The molecule has 4 nitrogen and oxygen atoms in total. The van der Waals surface area contributed by atoms with Gasteiger partial charge in [0.15, 0.2) is 0 Å². The molecule has 0 amide bonds. The topological polar surface area (TPSA) is 47.9 Å². The Morgan fingerprint density at radius 1 is 0.875 bits per heavy atom. The van der Waals surface area contributed by atoms with Crippen molar-refractivity contribution >= 4 is 0 Å². The number of ether oxygens (including phenoxy) is 3. The lowest BCUT2D eigenvalue weighted by Gasteiger charge is -2.22. The lowest BCUT2D eigenvalue weighted by molar-refractivity contribution is -0.0918. The molecule has 0 saturated heterocycles. The lowest BCUT2D eigenvalue weighted by Crippen LogP contribution is -2.30. The highest BCUT2D eigenvalue weighted by Gasteiger charge is 2.14. The molecular weight excluding hydrogens is 208 g/mol. The van der Waals surface area contributed by atoms with E-state index in [1.165, 1.54) is 0 Å². The summed E-state index contributed by atoms with van der Waals surface area (Å²) in [6, 6.07) is 0. The number of aliphatic hydroxyl groups excluding tert-OH is 1. The second-order valence-corrected chi connectivity index (χ2v) is 4.19. The van der Waals surface area contributed by atoms with Crippen molar-refractivity contribution in [1.82, 2.24) is 0 Å². The second-order valence-electron chi connectivity index (χ2n) is 4.19. The third-order valence-corrected chi connectivity index (χ3v) is 2.31. The first-order valence-electron chi connectivity index (χ1n) is 6.00. The first-order chi connectivity index (χ1) is 7.47. The Hall–Kier alpha value is -0.160. The van der Waals surface area contributed by atoms with Gasteiger partial charge in [-0.15, -0.1) is 0 Å². The number of hydrogen-bond donors (Lipinski definition) is 1. The average Bonchev–Trinajstić information content (AvgIpc) is 2.23. The summed E-state index contributed by atoms with van der Waals surface area (Å²) in [6.45, 7) is 11.1. The number of aliphatic hydroxyl groups is 1. The van der Waals surface area contributed by atoms with Crippen LogP contribution in [0.2, 0.25) is 0 Å². The van der Waals surface area contributed by atoms with Gasteiger partial charge in [-0.1, -0.05) is 0 Å². The summed E-state index contributed by atoms with van der Waals surface area (Å²) in [5.74, 6) is 0. The van der Waals surface area contributed by atoms with Crippen LogP contribution in [0.5, 0.6) is 0 Å². The molecule has 4 heteroatoms. The van der Waals surface area contributed by atoms with Crippen LogP contribution in [0.25, 0.3) is 0 Å². The minimum absolute atomic E-state index is 0.00845. The van der Waals surface area contributed by atoms with Crippen molar-refractivity contribution in [3.8, 4) is 0 Å². The maximum absolute atomic E-state index is 9.05. The van der Waals surface area contributed by atoms with Gasteiger partial charge in [-0.05, 0) is 34.6 Å². The van der Waals surface area contributed by atoms with Gasteiger partial charge in [0.05, 0.1) is 37.6 Å². The standard InChI is InChI=1S/C12H26O4/c1-6-14-11(4)12(5)16-8-10(3)15-7-9(2)13/h9-13H,6-8H2,1-5H3. The van der Waals surface area contributed by atoms with Crippen molar-refractivity contribution in [2.24, 2.45) is 0 Å². The molecule has 0 rings (SSSR count). The van der Waals surface area contributed by atoms with E-state index in [-0.39, 0.29) is 18.3 Å². The summed E-state index contributed by atoms with van der Waals surface area (Å²) in [5.41, 5.74) is 0. The van der Waals surface area contributed by atoms with E-state index in [0.29, 0.717) is 19.8 Å². The molecule has 0 aliphatic heterocycles. The van der Waals surface area contributed by atoms with Crippen molar-refractivity contribution in [2.45, 2.75) is 59.0 Å². The molecule has 0 radical (unpaired) electrons. The minimum atomic E-state index is -0.428. The number of rotatable bonds is 9. The Labute approximate surface area is 98.9 Å². The fourth-order valence-electron chi connectivity index (χ4n) is 1.17. The maximum atomic E-state index is 9.05. The first kappa shape index (κ1) is 15.8. The normalized spacial score (nSPS) is 19.1. The summed E-state index contributed by atoms with van der Waals surface area (Å²) in [7, 11) is 0. The molecule has 0 heterocycles. The molecule has 0 aliphatic carbocycles.